The molecule has 0 spiro atoms. The fourth-order valence-corrected chi connectivity index (χ4v) is 6.63. The molecule has 0 aromatic heterocycles. The maximum absolute atomic E-state index is 14.2. The zero-order chi connectivity index (χ0) is 25.2. The molecule has 2 heterocycles. The molecule has 0 unspecified atom stereocenters. The molecule has 1 saturated heterocycles. The molecule has 5 atom stereocenters. The Morgan fingerprint density at radius 2 is 1.51 bits per heavy atom. The van der Waals surface area contributed by atoms with E-state index in [2.05, 4.69) is 69.4 Å². The van der Waals surface area contributed by atoms with Crippen molar-refractivity contribution in [3.8, 4) is 0 Å². The van der Waals surface area contributed by atoms with Gasteiger partial charge >= 0.3 is 6.03 Å². The topological polar surface area (TPSA) is 73.5 Å². The van der Waals surface area contributed by atoms with Crippen LogP contribution in [0.25, 0.3) is 0 Å². The van der Waals surface area contributed by atoms with Gasteiger partial charge in [-0.25, -0.2) is 4.79 Å². The summed E-state index contributed by atoms with van der Waals surface area (Å²) in [5.74, 6) is 0.282. The fourth-order valence-electron chi connectivity index (χ4n) is 6.63. The van der Waals surface area contributed by atoms with Gasteiger partial charge in [-0.2, -0.15) is 0 Å². The van der Waals surface area contributed by atoms with Gasteiger partial charge in [-0.3, -0.25) is 4.79 Å². The van der Waals surface area contributed by atoms with Crippen LogP contribution in [0.2, 0.25) is 0 Å². The molecule has 6 heteroatoms. The van der Waals surface area contributed by atoms with Crippen LogP contribution in [0.4, 0.5) is 16.2 Å². The number of fused-ring (bicyclic) bond motifs is 3. The predicted octanol–water partition coefficient (Wildman–Crippen LogP) is 6.12. The third kappa shape index (κ3) is 4.68. The Balaban J connectivity index is 1.24. The van der Waals surface area contributed by atoms with Crippen molar-refractivity contribution in [1.82, 2.24) is 10.2 Å². The molecule has 3 aromatic carbocycles. The third-order valence-corrected chi connectivity index (χ3v) is 8.34. The van der Waals surface area contributed by atoms with E-state index < -0.39 is 0 Å². The number of urea groups is 1. The summed E-state index contributed by atoms with van der Waals surface area (Å²) >= 11 is 0. The third-order valence-electron chi connectivity index (χ3n) is 8.34. The standard InChI is InChI=1S/C31H34N4O2/c36-30(24-16-8-10-18-27(24)34-31(37)32-22-13-5-2-6-14-22)35-20-19-25-28(21-11-3-1-4-12-21)33-26-17-9-7-15-23(26)29(25)35/h1-7,9,11-15,17,24-25,27-29,33H,8,10,16,18-20H2,(H2,32,34,37)/t24-,25-,27+,28-,29-/m0/s1. The Labute approximate surface area is 218 Å². The minimum absolute atomic E-state index is 0.0378. The average molecular weight is 495 g/mol. The van der Waals surface area contributed by atoms with E-state index in [1.54, 1.807) is 0 Å². The van der Waals surface area contributed by atoms with Crippen molar-refractivity contribution in [3.05, 3.63) is 96.1 Å². The number of rotatable bonds is 4. The number of nitrogens with one attached hydrogen (secondary N) is 3. The van der Waals surface area contributed by atoms with E-state index in [1.165, 1.54) is 11.1 Å². The summed E-state index contributed by atoms with van der Waals surface area (Å²) in [6.45, 7) is 0.743. The molecule has 1 aliphatic carbocycles. The Bertz CT molecular complexity index is 1250. The lowest BCUT2D eigenvalue weighted by Gasteiger charge is -2.42. The van der Waals surface area contributed by atoms with Gasteiger partial charge in [-0.15, -0.1) is 0 Å². The molecule has 1 saturated carbocycles. The average Bonchev–Trinajstić information content (AvgIpc) is 3.39. The van der Waals surface area contributed by atoms with Gasteiger partial charge in [0, 0.05) is 29.9 Å². The van der Waals surface area contributed by atoms with Gasteiger partial charge in [0.1, 0.15) is 0 Å². The number of hydrogen-bond acceptors (Lipinski definition) is 3. The summed E-state index contributed by atoms with van der Waals surface area (Å²) in [6, 6.07) is 28.2. The Morgan fingerprint density at radius 1 is 0.811 bits per heavy atom. The number of carbonyl (C=O) groups is 2. The van der Waals surface area contributed by atoms with Crippen molar-refractivity contribution >= 4 is 23.3 Å². The quantitative estimate of drug-likeness (QED) is 0.409. The zero-order valence-corrected chi connectivity index (χ0v) is 21.0. The molecule has 3 aromatic rings. The van der Waals surface area contributed by atoms with E-state index in [4.69, 9.17) is 0 Å². The molecular formula is C31H34N4O2. The van der Waals surface area contributed by atoms with Crippen molar-refractivity contribution in [2.75, 3.05) is 17.2 Å². The lowest BCUT2D eigenvalue weighted by Crippen LogP contribution is -2.51. The predicted molar refractivity (Wildman–Crippen MR) is 146 cm³/mol. The molecule has 6 nitrogen and oxygen atoms in total. The van der Waals surface area contributed by atoms with Crippen molar-refractivity contribution in [3.63, 3.8) is 0 Å². The highest BCUT2D eigenvalue weighted by Gasteiger charge is 2.48. The normalized spacial score (nSPS) is 26.4. The second-order valence-electron chi connectivity index (χ2n) is 10.5. The number of carbonyl (C=O) groups excluding carboxylic acids is 2. The molecule has 190 valence electrons. The van der Waals surface area contributed by atoms with Crippen LogP contribution in [0.1, 0.15) is 55.3 Å². The lowest BCUT2D eigenvalue weighted by molar-refractivity contribution is -0.138. The van der Waals surface area contributed by atoms with E-state index in [0.29, 0.717) is 5.92 Å². The van der Waals surface area contributed by atoms with Crippen LogP contribution in [-0.2, 0) is 4.79 Å². The second-order valence-corrected chi connectivity index (χ2v) is 10.5. The number of hydrogen-bond donors (Lipinski definition) is 3. The number of likely N-dealkylation sites (tertiary alicyclic amines) is 1. The number of nitrogens with zero attached hydrogens (tertiary/aromatic N) is 1. The van der Waals surface area contributed by atoms with Gasteiger partial charge < -0.3 is 20.9 Å². The summed E-state index contributed by atoms with van der Waals surface area (Å²) in [4.78, 5) is 29.1. The minimum Gasteiger partial charge on any atom is -0.378 e. The fraction of sp³-hybridized carbons (Fsp3) is 0.355. The van der Waals surface area contributed by atoms with Crippen molar-refractivity contribution in [2.24, 2.45) is 11.8 Å². The highest BCUT2D eigenvalue weighted by Crippen LogP contribution is 2.51. The molecule has 37 heavy (non-hydrogen) atoms. The lowest BCUT2D eigenvalue weighted by atomic mass is 9.79. The minimum atomic E-state index is -0.244. The first kappa shape index (κ1) is 23.6. The van der Waals surface area contributed by atoms with Gasteiger partial charge in [0.2, 0.25) is 5.91 Å². The van der Waals surface area contributed by atoms with Gasteiger partial charge in [0.05, 0.1) is 18.0 Å². The molecule has 0 radical (unpaired) electrons. The SMILES string of the molecule is O=C(Nc1ccccc1)N[C@@H]1CCCC[C@@H]1C(=O)N1CC[C@H]2[C@H](c3ccccc3)Nc3ccccc3[C@@H]21. The van der Waals surface area contributed by atoms with Crippen LogP contribution >= 0.6 is 0 Å². The number of amides is 3. The Morgan fingerprint density at radius 3 is 2.32 bits per heavy atom. The summed E-state index contributed by atoms with van der Waals surface area (Å²) in [5, 5.41) is 9.83. The summed E-state index contributed by atoms with van der Waals surface area (Å²) < 4.78 is 0. The van der Waals surface area contributed by atoms with Gasteiger partial charge in [0.25, 0.3) is 0 Å². The van der Waals surface area contributed by atoms with Crippen molar-refractivity contribution in [2.45, 2.75) is 50.2 Å². The number of benzene rings is 3. The summed E-state index contributed by atoms with van der Waals surface area (Å²) in [5.41, 5.74) is 4.32. The maximum atomic E-state index is 14.2. The van der Waals surface area contributed by atoms with Gasteiger partial charge in [0.15, 0.2) is 0 Å². The first-order valence-corrected chi connectivity index (χ1v) is 13.5. The van der Waals surface area contributed by atoms with Gasteiger partial charge in [-0.1, -0.05) is 79.6 Å². The number of para-hydroxylation sites is 2. The number of anilines is 2. The maximum Gasteiger partial charge on any atom is 0.319 e. The molecule has 3 amide bonds. The van der Waals surface area contributed by atoms with Crippen LogP contribution in [0.5, 0.6) is 0 Å². The van der Waals surface area contributed by atoms with Crippen LogP contribution in [0.15, 0.2) is 84.9 Å². The van der Waals surface area contributed by atoms with Gasteiger partial charge in [-0.05, 0) is 48.6 Å². The Kier molecular flexibility index (Phi) is 6.56. The molecule has 2 aliphatic heterocycles. The molecule has 6 rings (SSSR count). The van der Waals surface area contributed by atoms with E-state index in [1.807, 2.05) is 36.4 Å². The summed E-state index contributed by atoms with van der Waals surface area (Å²) in [6.07, 6.45) is 4.63. The largest absolute Gasteiger partial charge is 0.378 e. The van der Waals surface area contributed by atoms with Crippen molar-refractivity contribution < 1.29 is 9.59 Å². The van der Waals surface area contributed by atoms with Crippen LogP contribution in [0, 0.1) is 11.8 Å². The molecule has 3 N–H and O–H groups in total. The van der Waals surface area contributed by atoms with Crippen LogP contribution in [0.3, 0.4) is 0 Å². The molecule has 0 bridgehead atoms. The van der Waals surface area contributed by atoms with Crippen LogP contribution < -0.4 is 16.0 Å². The molecule has 2 fully saturated rings. The van der Waals surface area contributed by atoms with Crippen LogP contribution in [-0.4, -0.2) is 29.4 Å². The highest BCUT2D eigenvalue weighted by atomic mass is 16.2. The zero-order valence-electron chi connectivity index (χ0n) is 21.0. The first-order chi connectivity index (χ1) is 18.2. The molecular weight excluding hydrogens is 460 g/mol. The van der Waals surface area contributed by atoms with Crippen molar-refractivity contribution in [1.29, 1.82) is 0 Å². The van der Waals surface area contributed by atoms with E-state index in [0.717, 1.165) is 50.0 Å². The highest BCUT2D eigenvalue weighted by molar-refractivity contribution is 5.90. The second kappa shape index (κ2) is 10.3. The van der Waals surface area contributed by atoms with E-state index >= 15 is 0 Å². The monoisotopic (exact) mass is 494 g/mol. The smallest absolute Gasteiger partial charge is 0.319 e. The van der Waals surface area contributed by atoms with E-state index in [9.17, 15) is 9.59 Å². The Hall–Kier alpha value is -3.80. The first-order valence-electron chi connectivity index (χ1n) is 13.5. The summed E-state index contributed by atoms with van der Waals surface area (Å²) in [7, 11) is 0. The molecule has 3 aliphatic rings. The van der Waals surface area contributed by atoms with E-state index in [-0.39, 0.29) is 36.0 Å².